The third-order valence-electron chi connectivity index (χ3n) is 2.93. The van der Waals surface area contributed by atoms with Gasteiger partial charge in [0.05, 0.1) is 11.7 Å². The van der Waals surface area contributed by atoms with Gasteiger partial charge in [0.25, 0.3) is 0 Å². The summed E-state index contributed by atoms with van der Waals surface area (Å²) in [4.78, 5) is 12.0. The van der Waals surface area contributed by atoms with Crippen molar-refractivity contribution >= 4 is 5.97 Å². The van der Waals surface area contributed by atoms with E-state index >= 15 is 0 Å². The molecule has 0 aliphatic carbocycles. The molecular formula is C15H22O3. The number of carbonyl (C=O) groups is 1. The van der Waals surface area contributed by atoms with Crippen molar-refractivity contribution in [3.8, 4) is 0 Å². The van der Waals surface area contributed by atoms with Gasteiger partial charge in [-0.3, -0.25) is 0 Å². The van der Waals surface area contributed by atoms with E-state index in [0.717, 1.165) is 0 Å². The zero-order valence-electron chi connectivity index (χ0n) is 11.5. The molecule has 3 heteroatoms. The Morgan fingerprint density at radius 3 is 2.06 bits per heavy atom. The summed E-state index contributed by atoms with van der Waals surface area (Å²) < 4.78 is 5.43. The largest absolute Gasteiger partial charge is 0.456 e. The summed E-state index contributed by atoms with van der Waals surface area (Å²) in [5.74, 6) is -0.245. The first-order chi connectivity index (χ1) is 8.43. The van der Waals surface area contributed by atoms with Crippen molar-refractivity contribution in [2.24, 2.45) is 11.8 Å². The molecular weight excluding hydrogens is 228 g/mol. The van der Waals surface area contributed by atoms with Gasteiger partial charge in [0.2, 0.25) is 0 Å². The average Bonchev–Trinajstić information content (AvgIpc) is 2.35. The lowest BCUT2D eigenvalue weighted by molar-refractivity contribution is -0.0531. The molecule has 1 rings (SSSR count). The number of hydrogen-bond acceptors (Lipinski definition) is 3. The first kappa shape index (κ1) is 14.7. The SMILES string of the molecule is CC(C)[C@@H](OC(=O)c1ccccc1)[C@@H](O)C(C)C. The van der Waals surface area contributed by atoms with E-state index in [1.54, 1.807) is 24.3 Å². The number of carbonyl (C=O) groups excluding carboxylic acids is 1. The summed E-state index contributed by atoms with van der Waals surface area (Å²) in [5.41, 5.74) is 0.513. The fourth-order valence-corrected chi connectivity index (χ4v) is 1.75. The lowest BCUT2D eigenvalue weighted by Crippen LogP contribution is -2.38. The predicted molar refractivity (Wildman–Crippen MR) is 71.3 cm³/mol. The fourth-order valence-electron chi connectivity index (χ4n) is 1.75. The van der Waals surface area contributed by atoms with E-state index in [4.69, 9.17) is 4.74 Å². The van der Waals surface area contributed by atoms with E-state index in [1.807, 2.05) is 33.8 Å². The van der Waals surface area contributed by atoms with Crippen LogP contribution in [0.2, 0.25) is 0 Å². The van der Waals surface area contributed by atoms with Crippen LogP contribution in [0.25, 0.3) is 0 Å². The van der Waals surface area contributed by atoms with Crippen LogP contribution in [0.5, 0.6) is 0 Å². The number of aliphatic hydroxyl groups is 1. The molecule has 0 heterocycles. The zero-order chi connectivity index (χ0) is 13.7. The van der Waals surface area contributed by atoms with Crippen LogP contribution < -0.4 is 0 Å². The van der Waals surface area contributed by atoms with Gasteiger partial charge in [-0.25, -0.2) is 4.79 Å². The molecule has 100 valence electrons. The Labute approximate surface area is 109 Å². The van der Waals surface area contributed by atoms with Gasteiger partial charge in [-0.05, 0) is 24.0 Å². The van der Waals surface area contributed by atoms with Crippen molar-refractivity contribution in [3.05, 3.63) is 35.9 Å². The molecule has 0 radical (unpaired) electrons. The molecule has 1 aromatic rings. The third kappa shape index (κ3) is 3.84. The van der Waals surface area contributed by atoms with Crippen molar-refractivity contribution in [2.75, 3.05) is 0 Å². The molecule has 0 fully saturated rings. The summed E-state index contributed by atoms with van der Waals surface area (Å²) in [7, 11) is 0. The molecule has 0 aliphatic rings. The Kier molecular flexibility index (Phi) is 5.35. The number of hydrogen-bond donors (Lipinski definition) is 1. The number of ether oxygens (including phenoxy) is 1. The molecule has 18 heavy (non-hydrogen) atoms. The van der Waals surface area contributed by atoms with E-state index in [9.17, 15) is 9.90 Å². The van der Waals surface area contributed by atoms with Gasteiger partial charge in [0.1, 0.15) is 6.10 Å². The normalized spacial score (nSPS) is 14.6. The molecule has 0 bridgehead atoms. The molecule has 0 saturated heterocycles. The van der Waals surface area contributed by atoms with Crippen molar-refractivity contribution < 1.29 is 14.6 Å². The summed E-state index contributed by atoms with van der Waals surface area (Å²) in [5, 5.41) is 10.1. The van der Waals surface area contributed by atoms with Crippen molar-refractivity contribution in [1.82, 2.24) is 0 Å². The minimum absolute atomic E-state index is 0.0565. The van der Waals surface area contributed by atoms with Gasteiger partial charge in [-0.1, -0.05) is 45.9 Å². The van der Waals surface area contributed by atoms with Crippen LogP contribution >= 0.6 is 0 Å². The highest BCUT2D eigenvalue weighted by Gasteiger charge is 2.29. The van der Waals surface area contributed by atoms with Crippen LogP contribution in [0.3, 0.4) is 0 Å². The maximum atomic E-state index is 12.0. The topological polar surface area (TPSA) is 46.5 Å². The molecule has 3 nitrogen and oxygen atoms in total. The summed E-state index contributed by atoms with van der Waals surface area (Å²) >= 11 is 0. The van der Waals surface area contributed by atoms with E-state index in [-0.39, 0.29) is 17.8 Å². The number of benzene rings is 1. The molecule has 0 aromatic heterocycles. The Bertz CT molecular complexity index is 371. The molecule has 0 aliphatic heterocycles. The summed E-state index contributed by atoms with van der Waals surface area (Å²) in [6.45, 7) is 7.70. The summed E-state index contributed by atoms with van der Waals surface area (Å²) in [6.07, 6.45) is -1.12. The Morgan fingerprint density at radius 1 is 1.06 bits per heavy atom. The molecule has 0 spiro atoms. The van der Waals surface area contributed by atoms with Crippen molar-refractivity contribution in [3.63, 3.8) is 0 Å². The maximum Gasteiger partial charge on any atom is 0.338 e. The molecule has 0 amide bonds. The molecule has 0 unspecified atom stereocenters. The van der Waals surface area contributed by atoms with E-state index in [1.165, 1.54) is 0 Å². The first-order valence-electron chi connectivity index (χ1n) is 6.37. The first-order valence-corrected chi connectivity index (χ1v) is 6.37. The third-order valence-corrected chi connectivity index (χ3v) is 2.93. The summed E-state index contributed by atoms with van der Waals surface area (Å²) in [6, 6.07) is 8.85. The van der Waals surface area contributed by atoms with Crippen molar-refractivity contribution in [2.45, 2.75) is 39.9 Å². The second kappa shape index (κ2) is 6.55. The van der Waals surface area contributed by atoms with E-state index in [0.29, 0.717) is 5.56 Å². The smallest absolute Gasteiger partial charge is 0.338 e. The van der Waals surface area contributed by atoms with Gasteiger partial charge in [0, 0.05) is 0 Å². The molecule has 1 aromatic carbocycles. The highest BCUT2D eigenvalue weighted by Crippen LogP contribution is 2.19. The average molecular weight is 250 g/mol. The van der Waals surface area contributed by atoms with Crippen LogP contribution in [0.15, 0.2) is 30.3 Å². The zero-order valence-corrected chi connectivity index (χ0v) is 11.5. The minimum Gasteiger partial charge on any atom is -0.456 e. The van der Waals surface area contributed by atoms with Crippen LogP contribution in [0.4, 0.5) is 0 Å². The van der Waals surface area contributed by atoms with E-state index in [2.05, 4.69) is 0 Å². The Hall–Kier alpha value is -1.35. The van der Waals surface area contributed by atoms with Gasteiger partial charge in [-0.2, -0.15) is 0 Å². The molecule has 0 saturated carbocycles. The van der Waals surface area contributed by atoms with Crippen LogP contribution in [0.1, 0.15) is 38.1 Å². The fraction of sp³-hybridized carbons (Fsp3) is 0.533. The monoisotopic (exact) mass is 250 g/mol. The number of rotatable bonds is 5. The van der Waals surface area contributed by atoms with Gasteiger partial charge in [-0.15, -0.1) is 0 Å². The quantitative estimate of drug-likeness (QED) is 0.817. The number of esters is 1. The molecule has 1 N–H and O–H groups in total. The minimum atomic E-state index is -0.641. The van der Waals surface area contributed by atoms with Gasteiger partial charge < -0.3 is 9.84 Å². The van der Waals surface area contributed by atoms with Gasteiger partial charge in [0.15, 0.2) is 0 Å². The maximum absolute atomic E-state index is 12.0. The van der Waals surface area contributed by atoms with Crippen LogP contribution in [-0.2, 0) is 4.74 Å². The highest BCUT2D eigenvalue weighted by molar-refractivity contribution is 5.89. The Morgan fingerprint density at radius 2 is 1.61 bits per heavy atom. The van der Waals surface area contributed by atoms with Crippen molar-refractivity contribution in [1.29, 1.82) is 0 Å². The molecule has 2 atom stereocenters. The van der Waals surface area contributed by atoms with Gasteiger partial charge >= 0.3 is 5.97 Å². The second-order valence-corrected chi connectivity index (χ2v) is 5.21. The standard InChI is InChI=1S/C15H22O3/c1-10(2)13(16)14(11(3)4)18-15(17)12-8-6-5-7-9-12/h5-11,13-14,16H,1-4H3/t13-,14+/m0/s1. The second-order valence-electron chi connectivity index (χ2n) is 5.21. The lowest BCUT2D eigenvalue weighted by Gasteiger charge is -2.28. The number of aliphatic hydroxyl groups excluding tert-OH is 1. The predicted octanol–water partition coefficient (Wildman–Crippen LogP) is 2.88. The van der Waals surface area contributed by atoms with Crippen LogP contribution in [-0.4, -0.2) is 23.3 Å². The highest BCUT2D eigenvalue weighted by atomic mass is 16.6. The lowest BCUT2D eigenvalue weighted by atomic mass is 9.94. The van der Waals surface area contributed by atoms with Crippen LogP contribution in [0, 0.1) is 11.8 Å². The Balaban J connectivity index is 2.76. The van der Waals surface area contributed by atoms with E-state index < -0.39 is 12.2 Å².